The monoisotopic (exact) mass is 229 g/mol. The number of aryl methyl sites for hydroxylation is 1. The molecule has 0 saturated carbocycles. The first-order chi connectivity index (χ1) is 8.34. The van der Waals surface area contributed by atoms with Crippen molar-refractivity contribution in [3.63, 3.8) is 0 Å². The molecule has 0 unspecified atom stereocenters. The van der Waals surface area contributed by atoms with Crippen LogP contribution in [0.4, 0.5) is 0 Å². The highest BCUT2D eigenvalue weighted by atomic mass is 16.5. The number of hydrogen-bond acceptors (Lipinski definition) is 5. The Bertz CT molecular complexity index is 474. The Morgan fingerprint density at radius 1 is 1.18 bits per heavy atom. The van der Waals surface area contributed by atoms with E-state index in [0.29, 0.717) is 12.8 Å². The maximum absolute atomic E-state index is 11.5. The van der Waals surface area contributed by atoms with E-state index in [2.05, 4.69) is 15.0 Å². The van der Waals surface area contributed by atoms with Gasteiger partial charge in [0.1, 0.15) is 0 Å². The van der Waals surface area contributed by atoms with Gasteiger partial charge in [0.15, 0.2) is 0 Å². The number of nitrogens with zero attached hydrogens (tertiary/aromatic N) is 3. The van der Waals surface area contributed by atoms with Gasteiger partial charge in [0.2, 0.25) is 5.88 Å². The first kappa shape index (κ1) is 11.2. The summed E-state index contributed by atoms with van der Waals surface area (Å²) in [5, 5.41) is 0. The zero-order valence-corrected chi connectivity index (χ0v) is 9.11. The Labute approximate surface area is 98.5 Å². The topological polar surface area (TPSA) is 65.0 Å². The van der Waals surface area contributed by atoms with Gasteiger partial charge in [-0.2, -0.15) is 0 Å². The van der Waals surface area contributed by atoms with Gasteiger partial charge in [0.25, 0.3) is 0 Å². The predicted octanol–water partition coefficient (Wildman–Crippen LogP) is 1.41. The average molecular weight is 229 g/mol. The van der Waals surface area contributed by atoms with E-state index in [4.69, 9.17) is 4.74 Å². The Kier molecular flexibility index (Phi) is 3.75. The van der Waals surface area contributed by atoms with Gasteiger partial charge >= 0.3 is 5.97 Å². The molecule has 0 fully saturated rings. The van der Waals surface area contributed by atoms with E-state index in [9.17, 15) is 4.79 Å². The number of rotatable bonds is 4. The molecule has 0 amide bonds. The van der Waals surface area contributed by atoms with Crippen LogP contribution in [0.25, 0.3) is 0 Å². The molecule has 2 aromatic heterocycles. The summed E-state index contributed by atoms with van der Waals surface area (Å²) in [6.45, 7) is 0. The number of carbonyl (C=O) groups is 1. The highest BCUT2D eigenvalue weighted by Crippen LogP contribution is 2.05. The summed E-state index contributed by atoms with van der Waals surface area (Å²) in [6.07, 6.45) is 8.73. The summed E-state index contributed by atoms with van der Waals surface area (Å²) < 4.78 is 5.00. The molecule has 0 atom stereocenters. The molecule has 0 bridgehead atoms. The Hall–Kier alpha value is -2.30. The van der Waals surface area contributed by atoms with E-state index in [1.807, 2.05) is 12.1 Å². The van der Waals surface area contributed by atoms with E-state index in [1.54, 1.807) is 12.4 Å². The minimum Gasteiger partial charge on any atom is -0.406 e. The quantitative estimate of drug-likeness (QED) is 0.741. The average Bonchev–Trinajstić information content (AvgIpc) is 2.39. The number of ether oxygens (including phenoxy) is 1. The summed E-state index contributed by atoms with van der Waals surface area (Å²) in [7, 11) is 0. The van der Waals surface area contributed by atoms with Crippen molar-refractivity contribution in [3.05, 3.63) is 48.7 Å². The predicted molar refractivity (Wildman–Crippen MR) is 60.2 cm³/mol. The number of hydrogen-bond donors (Lipinski definition) is 0. The van der Waals surface area contributed by atoms with Crippen molar-refractivity contribution in [2.75, 3.05) is 0 Å². The van der Waals surface area contributed by atoms with Crippen LogP contribution in [0.5, 0.6) is 5.88 Å². The lowest BCUT2D eigenvalue weighted by molar-refractivity contribution is -0.134. The van der Waals surface area contributed by atoms with Crippen molar-refractivity contribution in [1.82, 2.24) is 15.0 Å². The molecular weight excluding hydrogens is 218 g/mol. The van der Waals surface area contributed by atoms with Crippen LogP contribution in [0.2, 0.25) is 0 Å². The van der Waals surface area contributed by atoms with Gasteiger partial charge in [0.05, 0.1) is 12.6 Å². The first-order valence-electron chi connectivity index (χ1n) is 5.20. The lowest BCUT2D eigenvalue weighted by Crippen LogP contribution is -2.10. The third-order valence-electron chi connectivity index (χ3n) is 2.10. The third-order valence-corrected chi connectivity index (χ3v) is 2.10. The summed E-state index contributed by atoms with van der Waals surface area (Å²) in [5.41, 5.74) is 1.00. The lowest BCUT2D eigenvalue weighted by atomic mass is 10.2. The fourth-order valence-electron chi connectivity index (χ4n) is 1.30. The maximum Gasteiger partial charge on any atom is 0.312 e. The molecule has 0 N–H and O–H groups in total. The van der Waals surface area contributed by atoms with Crippen LogP contribution in [0, 0.1) is 0 Å². The highest BCUT2D eigenvalue weighted by molar-refractivity contribution is 5.72. The van der Waals surface area contributed by atoms with Gasteiger partial charge in [-0.3, -0.25) is 14.8 Å². The molecule has 5 nitrogen and oxygen atoms in total. The maximum atomic E-state index is 11.5. The Balaban J connectivity index is 1.83. The van der Waals surface area contributed by atoms with Crippen LogP contribution >= 0.6 is 0 Å². The molecule has 0 aromatic carbocycles. The van der Waals surface area contributed by atoms with Crippen LogP contribution < -0.4 is 4.74 Å². The molecule has 0 aliphatic carbocycles. The Morgan fingerprint density at radius 3 is 2.76 bits per heavy atom. The van der Waals surface area contributed by atoms with Crippen molar-refractivity contribution in [2.45, 2.75) is 12.8 Å². The second-order valence-corrected chi connectivity index (χ2v) is 3.38. The van der Waals surface area contributed by atoms with Crippen LogP contribution in [0.3, 0.4) is 0 Å². The standard InChI is InChI=1S/C12H11N3O2/c16-12(17-11-9-14-6-7-15-11)4-3-10-2-1-5-13-8-10/h1-2,5-9H,3-4H2. The number of esters is 1. The largest absolute Gasteiger partial charge is 0.406 e. The molecule has 5 heteroatoms. The second kappa shape index (κ2) is 5.69. The van der Waals surface area contributed by atoms with Crippen LogP contribution in [-0.4, -0.2) is 20.9 Å². The van der Waals surface area contributed by atoms with Crippen molar-refractivity contribution < 1.29 is 9.53 Å². The van der Waals surface area contributed by atoms with E-state index in [0.717, 1.165) is 5.56 Å². The fourth-order valence-corrected chi connectivity index (χ4v) is 1.30. The second-order valence-electron chi connectivity index (χ2n) is 3.38. The summed E-state index contributed by atoms with van der Waals surface area (Å²) in [6, 6.07) is 3.76. The van der Waals surface area contributed by atoms with Gasteiger partial charge in [-0.05, 0) is 18.1 Å². The molecule has 0 radical (unpaired) electrons. The fraction of sp³-hybridized carbons (Fsp3) is 0.167. The number of carbonyl (C=O) groups excluding carboxylic acids is 1. The van der Waals surface area contributed by atoms with Gasteiger partial charge in [-0.25, -0.2) is 4.98 Å². The smallest absolute Gasteiger partial charge is 0.312 e. The molecular formula is C12H11N3O2. The van der Waals surface area contributed by atoms with E-state index >= 15 is 0 Å². The highest BCUT2D eigenvalue weighted by Gasteiger charge is 2.06. The molecule has 2 aromatic rings. The molecule has 0 saturated heterocycles. The third kappa shape index (κ3) is 3.64. The van der Waals surface area contributed by atoms with Crippen molar-refractivity contribution in [1.29, 1.82) is 0 Å². The van der Waals surface area contributed by atoms with Gasteiger partial charge in [-0.15, -0.1) is 0 Å². The van der Waals surface area contributed by atoms with Crippen molar-refractivity contribution in [3.8, 4) is 5.88 Å². The van der Waals surface area contributed by atoms with Gasteiger partial charge in [-0.1, -0.05) is 6.07 Å². The van der Waals surface area contributed by atoms with E-state index in [-0.39, 0.29) is 11.8 Å². The molecule has 2 heterocycles. The number of pyridine rings is 1. The van der Waals surface area contributed by atoms with Crippen molar-refractivity contribution in [2.24, 2.45) is 0 Å². The van der Waals surface area contributed by atoms with E-state index < -0.39 is 0 Å². The van der Waals surface area contributed by atoms with Gasteiger partial charge < -0.3 is 4.74 Å². The number of aromatic nitrogens is 3. The Morgan fingerprint density at radius 2 is 2.06 bits per heavy atom. The van der Waals surface area contributed by atoms with Crippen LogP contribution in [0.15, 0.2) is 43.1 Å². The first-order valence-corrected chi connectivity index (χ1v) is 5.20. The molecule has 86 valence electrons. The summed E-state index contributed by atoms with van der Waals surface area (Å²) in [5.74, 6) is -0.0990. The zero-order chi connectivity index (χ0) is 11.9. The summed E-state index contributed by atoms with van der Waals surface area (Å²) in [4.78, 5) is 23.1. The molecule has 17 heavy (non-hydrogen) atoms. The molecule has 0 aliphatic rings. The summed E-state index contributed by atoms with van der Waals surface area (Å²) >= 11 is 0. The molecule has 0 aliphatic heterocycles. The van der Waals surface area contributed by atoms with Crippen LogP contribution in [0.1, 0.15) is 12.0 Å². The minimum absolute atomic E-state index is 0.226. The van der Waals surface area contributed by atoms with E-state index in [1.165, 1.54) is 18.6 Å². The molecule has 0 spiro atoms. The lowest BCUT2D eigenvalue weighted by Gasteiger charge is -2.02. The van der Waals surface area contributed by atoms with Crippen molar-refractivity contribution >= 4 is 5.97 Å². The normalized spacial score (nSPS) is 9.88. The molecule has 2 rings (SSSR count). The van der Waals surface area contributed by atoms with Crippen LogP contribution in [-0.2, 0) is 11.2 Å². The zero-order valence-electron chi connectivity index (χ0n) is 9.11. The SMILES string of the molecule is O=C(CCc1cccnc1)Oc1cnccn1. The minimum atomic E-state index is -0.325. The van der Waals surface area contributed by atoms with Gasteiger partial charge in [0, 0.05) is 24.8 Å².